The van der Waals surface area contributed by atoms with Crippen LogP contribution in [0.5, 0.6) is 0 Å². The van der Waals surface area contributed by atoms with Crippen molar-refractivity contribution in [3.63, 3.8) is 0 Å². The third-order valence-corrected chi connectivity index (χ3v) is 2.51. The van der Waals surface area contributed by atoms with E-state index in [9.17, 15) is 4.79 Å². The number of rotatable bonds is 2. The second kappa shape index (κ2) is 3.46. The van der Waals surface area contributed by atoms with Crippen LogP contribution >= 0.6 is 0 Å². The summed E-state index contributed by atoms with van der Waals surface area (Å²) in [6.45, 7) is 3.82. The normalized spacial score (nSPS) is 32.2. The van der Waals surface area contributed by atoms with Gasteiger partial charge in [0.15, 0.2) is 0 Å². The highest BCUT2D eigenvalue weighted by atomic mass is 16.5. The van der Waals surface area contributed by atoms with E-state index in [4.69, 9.17) is 5.21 Å². The first-order valence-electron chi connectivity index (χ1n) is 4.52. The van der Waals surface area contributed by atoms with E-state index in [1.54, 1.807) is 6.92 Å². The summed E-state index contributed by atoms with van der Waals surface area (Å²) >= 11 is 0. The molecule has 4 nitrogen and oxygen atoms in total. The van der Waals surface area contributed by atoms with E-state index in [0.717, 1.165) is 6.42 Å². The van der Waals surface area contributed by atoms with Crippen molar-refractivity contribution in [3.05, 3.63) is 0 Å². The molecule has 1 amide bonds. The lowest BCUT2D eigenvalue weighted by molar-refractivity contribution is -0.165. The summed E-state index contributed by atoms with van der Waals surface area (Å²) in [4.78, 5) is 15.7. The molecule has 0 saturated heterocycles. The van der Waals surface area contributed by atoms with Crippen molar-refractivity contribution >= 4 is 12.1 Å². The number of nitrogens with zero attached hydrogens (tertiary/aromatic N) is 2. The molecule has 0 aromatic heterocycles. The number of hydrogen-bond acceptors (Lipinski definition) is 3. The van der Waals surface area contributed by atoms with E-state index in [1.165, 1.54) is 7.05 Å². The molecule has 74 valence electrons. The first-order valence-corrected chi connectivity index (χ1v) is 4.52. The van der Waals surface area contributed by atoms with Crippen LogP contribution in [0.2, 0.25) is 0 Å². The van der Waals surface area contributed by atoms with Crippen LogP contribution in [-0.2, 0) is 4.79 Å². The standard InChI is InChI=1S/C9H16N2O2/c1-4-7-5-9(2,10-6-7)8(12)11(3)13/h6-7,13H,4-5H2,1-3H3. The maximum Gasteiger partial charge on any atom is 0.273 e. The number of amides is 1. The van der Waals surface area contributed by atoms with Crippen molar-refractivity contribution in [3.8, 4) is 0 Å². The van der Waals surface area contributed by atoms with Gasteiger partial charge in [0.2, 0.25) is 0 Å². The molecule has 1 aliphatic heterocycles. The average Bonchev–Trinajstić information content (AvgIpc) is 2.47. The Morgan fingerprint density at radius 3 is 2.85 bits per heavy atom. The molecule has 2 unspecified atom stereocenters. The molecular formula is C9H16N2O2. The van der Waals surface area contributed by atoms with E-state index in [2.05, 4.69) is 11.9 Å². The van der Waals surface area contributed by atoms with Crippen LogP contribution < -0.4 is 0 Å². The Balaban J connectivity index is 2.71. The van der Waals surface area contributed by atoms with E-state index in [-0.39, 0.29) is 5.91 Å². The van der Waals surface area contributed by atoms with Gasteiger partial charge in [-0.15, -0.1) is 0 Å². The lowest BCUT2D eigenvalue weighted by Gasteiger charge is -2.23. The van der Waals surface area contributed by atoms with Crippen molar-refractivity contribution in [2.24, 2.45) is 10.9 Å². The van der Waals surface area contributed by atoms with E-state index >= 15 is 0 Å². The molecule has 1 N–H and O–H groups in total. The monoisotopic (exact) mass is 184 g/mol. The highest BCUT2D eigenvalue weighted by Gasteiger charge is 2.39. The average molecular weight is 184 g/mol. The van der Waals surface area contributed by atoms with Crippen LogP contribution in [0.25, 0.3) is 0 Å². The molecule has 13 heavy (non-hydrogen) atoms. The van der Waals surface area contributed by atoms with Gasteiger partial charge in [0.25, 0.3) is 5.91 Å². The fourth-order valence-corrected chi connectivity index (χ4v) is 1.63. The predicted octanol–water partition coefficient (Wildman–Crippen LogP) is 1.09. The molecule has 0 fully saturated rings. The van der Waals surface area contributed by atoms with Gasteiger partial charge in [-0.25, -0.2) is 5.06 Å². The van der Waals surface area contributed by atoms with E-state index in [1.807, 2.05) is 6.21 Å². The Morgan fingerprint density at radius 1 is 1.85 bits per heavy atom. The lowest BCUT2D eigenvalue weighted by Crippen LogP contribution is -2.41. The van der Waals surface area contributed by atoms with Crippen molar-refractivity contribution in [2.45, 2.75) is 32.2 Å². The summed E-state index contributed by atoms with van der Waals surface area (Å²) in [5.41, 5.74) is -0.746. The Kier molecular flexibility index (Phi) is 2.71. The molecule has 0 spiro atoms. The smallest absolute Gasteiger partial charge is 0.273 e. The first kappa shape index (κ1) is 10.2. The largest absolute Gasteiger partial charge is 0.286 e. The van der Waals surface area contributed by atoms with Gasteiger partial charge in [0.1, 0.15) is 5.54 Å². The van der Waals surface area contributed by atoms with E-state index in [0.29, 0.717) is 17.4 Å². The highest BCUT2D eigenvalue weighted by Crippen LogP contribution is 2.29. The quantitative estimate of drug-likeness (QED) is 0.516. The Bertz CT molecular complexity index is 238. The third kappa shape index (κ3) is 1.88. The van der Waals surface area contributed by atoms with Crippen LogP contribution in [0.3, 0.4) is 0 Å². The van der Waals surface area contributed by atoms with E-state index < -0.39 is 5.54 Å². The molecule has 1 heterocycles. The number of likely N-dealkylation sites (N-methyl/N-ethyl adjacent to an activating group) is 1. The molecule has 0 radical (unpaired) electrons. The number of carbonyl (C=O) groups is 1. The topological polar surface area (TPSA) is 52.9 Å². The number of aliphatic imine (C=N–C) groups is 1. The van der Waals surface area contributed by atoms with Crippen molar-refractivity contribution in [1.29, 1.82) is 0 Å². The fraction of sp³-hybridized carbons (Fsp3) is 0.778. The van der Waals surface area contributed by atoms with Gasteiger partial charge in [0, 0.05) is 13.3 Å². The number of carbonyl (C=O) groups excluding carboxylic acids is 1. The third-order valence-electron chi connectivity index (χ3n) is 2.51. The second-order valence-corrected chi connectivity index (χ2v) is 3.75. The zero-order valence-corrected chi connectivity index (χ0v) is 8.32. The zero-order chi connectivity index (χ0) is 10.1. The molecule has 4 heteroatoms. The fourth-order valence-electron chi connectivity index (χ4n) is 1.63. The molecule has 0 aromatic rings. The van der Waals surface area contributed by atoms with Crippen LogP contribution in [0, 0.1) is 5.92 Å². The minimum absolute atomic E-state index is 0.334. The summed E-state index contributed by atoms with van der Waals surface area (Å²) < 4.78 is 0. The van der Waals surface area contributed by atoms with Crippen LogP contribution in [0.15, 0.2) is 4.99 Å². The summed E-state index contributed by atoms with van der Waals surface area (Å²) in [6.07, 6.45) is 3.51. The zero-order valence-electron chi connectivity index (χ0n) is 8.32. The maximum atomic E-state index is 11.5. The second-order valence-electron chi connectivity index (χ2n) is 3.75. The number of hydrogen-bond donors (Lipinski definition) is 1. The van der Waals surface area contributed by atoms with Gasteiger partial charge in [-0.1, -0.05) is 6.92 Å². The summed E-state index contributed by atoms with van der Waals surface area (Å²) in [5, 5.41) is 9.64. The molecule has 0 aromatic carbocycles. The van der Waals surface area contributed by atoms with Gasteiger partial charge in [-0.3, -0.25) is 15.0 Å². The van der Waals surface area contributed by atoms with Crippen LogP contribution in [0.4, 0.5) is 0 Å². The maximum absolute atomic E-state index is 11.5. The predicted molar refractivity (Wildman–Crippen MR) is 49.9 cm³/mol. The van der Waals surface area contributed by atoms with Gasteiger partial charge < -0.3 is 0 Å². The Morgan fingerprint density at radius 2 is 2.46 bits per heavy atom. The van der Waals surface area contributed by atoms with Gasteiger partial charge in [-0.05, 0) is 25.7 Å². The first-order chi connectivity index (χ1) is 5.99. The van der Waals surface area contributed by atoms with Crippen molar-refractivity contribution in [2.75, 3.05) is 7.05 Å². The Hall–Kier alpha value is -0.900. The van der Waals surface area contributed by atoms with Gasteiger partial charge in [0.05, 0.1) is 0 Å². The minimum atomic E-state index is -0.746. The molecule has 1 rings (SSSR count). The SMILES string of the molecule is CCC1C=NC(C)(C(=O)N(C)O)C1. The molecular weight excluding hydrogens is 168 g/mol. The van der Waals surface area contributed by atoms with Crippen LogP contribution in [0.1, 0.15) is 26.7 Å². The summed E-state index contributed by atoms with van der Waals surface area (Å²) in [5.74, 6) is 0.0357. The molecule has 0 bridgehead atoms. The highest BCUT2D eigenvalue weighted by molar-refractivity contribution is 5.88. The lowest BCUT2D eigenvalue weighted by atomic mass is 9.91. The summed E-state index contributed by atoms with van der Waals surface area (Å²) in [7, 11) is 1.34. The minimum Gasteiger partial charge on any atom is -0.286 e. The molecule has 0 aliphatic carbocycles. The molecule has 2 atom stereocenters. The number of hydroxylamine groups is 2. The van der Waals surface area contributed by atoms with Crippen molar-refractivity contribution < 1.29 is 10.0 Å². The van der Waals surface area contributed by atoms with Gasteiger partial charge in [-0.2, -0.15) is 0 Å². The van der Waals surface area contributed by atoms with Crippen LogP contribution in [-0.4, -0.2) is 35.0 Å². The summed E-state index contributed by atoms with van der Waals surface area (Å²) in [6, 6.07) is 0. The molecule has 1 aliphatic rings. The van der Waals surface area contributed by atoms with Crippen molar-refractivity contribution in [1.82, 2.24) is 5.06 Å². The van der Waals surface area contributed by atoms with Gasteiger partial charge >= 0.3 is 0 Å². The molecule has 0 saturated carbocycles. The Labute approximate surface area is 78.2 Å².